The van der Waals surface area contributed by atoms with Gasteiger partial charge in [-0.2, -0.15) is 0 Å². The smallest absolute Gasteiger partial charge is 0.306 e. The van der Waals surface area contributed by atoms with Crippen molar-refractivity contribution < 1.29 is 9.53 Å². The zero-order valence-electron chi connectivity index (χ0n) is 11.4. The molecule has 0 aliphatic heterocycles. The average molecular weight is 229 g/mol. The predicted molar refractivity (Wildman–Crippen MR) is 67.5 cm³/mol. The number of esters is 1. The summed E-state index contributed by atoms with van der Waals surface area (Å²) in [6.45, 7) is 11.0. The second-order valence-electron chi connectivity index (χ2n) is 5.51. The first-order chi connectivity index (χ1) is 7.31. The predicted octanol–water partition coefficient (Wildman–Crippen LogP) is 2.89. The van der Waals surface area contributed by atoms with Gasteiger partial charge in [-0.05, 0) is 40.2 Å². The Morgan fingerprint density at radius 1 is 1.19 bits per heavy atom. The van der Waals surface area contributed by atoms with Crippen molar-refractivity contribution in [2.24, 2.45) is 0 Å². The van der Waals surface area contributed by atoms with E-state index in [9.17, 15) is 4.79 Å². The van der Waals surface area contributed by atoms with Gasteiger partial charge in [-0.1, -0.05) is 20.3 Å². The molecule has 0 aliphatic rings. The number of rotatable bonds is 7. The van der Waals surface area contributed by atoms with Crippen LogP contribution in [0.3, 0.4) is 0 Å². The maximum absolute atomic E-state index is 11.4. The van der Waals surface area contributed by atoms with Gasteiger partial charge >= 0.3 is 5.97 Å². The first-order valence-corrected chi connectivity index (χ1v) is 6.26. The Morgan fingerprint density at radius 2 is 1.81 bits per heavy atom. The highest BCUT2D eigenvalue weighted by molar-refractivity contribution is 5.69. The largest absolute Gasteiger partial charge is 0.460 e. The number of unbranched alkanes of at least 4 members (excludes halogenated alkanes) is 2. The Bertz CT molecular complexity index is 195. The van der Waals surface area contributed by atoms with Crippen molar-refractivity contribution in [2.45, 2.75) is 71.9 Å². The summed E-state index contributed by atoms with van der Waals surface area (Å²) in [4.78, 5) is 11.4. The SMILES string of the molecule is CC(C)NCCCCCC(=O)OC(C)(C)C. The molecule has 0 radical (unpaired) electrons. The molecule has 0 aromatic heterocycles. The second-order valence-corrected chi connectivity index (χ2v) is 5.51. The molecule has 0 atom stereocenters. The van der Waals surface area contributed by atoms with Crippen LogP contribution in [0, 0.1) is 0 Å². The summed E-state index contributed by atoms with van der Waals surface area (Å²) in [5.74, 6) is -0.0793. The van der Waals surface area contributed by atoms with Crippen LogP contribution in [0.5, 0.6) is 0 Å². The molecule has 0 saturated heterocycles. The van der Waals surface area contributed by atoms with Gasteiger partial charge in [0.2, 0.25) is 0 Å². The third-order valence-corrected chi connectivity index (χ3v) is 2.03. The molecule has 16 heavy (non-hydrogen) atoms. The normalized spacial score (nSPS) is 11.9. The van der Waals surface area contributed by atoms with E-state index in [-0.39, 0.29) is 11.6 Å². The quantitative estimate of drug-likeness (QED) is 0.539. The minimum absolute atomic E-state index is 0.0793. The van der Waals surface area contributed by atoms with Crippen molar-refractivity contribution in [3.63, 3.8) is 0 Å². The first-order valence-electron chi connectivity index (χ1n) is 6.26. The zero-order chi connectivity index (χ0) is 12.6. The highest BCUT2D eigenvalue weighted by Crippen LogP contribution is 2.10. The van der Waals surface area contributed by atoms with E-state index >= 15 is 0 Å². The molecule has 0 aromatic carbocycles. The van der Waals surface area contributed by atoms with Gasteiger partial charge in [0, 0.05) is 12.5 Å². The molecule has 3 heteroatoms. The van der Waals surface area contributed by atoms with Gasteiger partial charge in [0.05, 0.1) is 0 Å². The van der Waals surface area contributed by atoms with Crippen molar-refractivity contribution in [3.8, 4) is 0 Å². The summed E-state index contributed by atoms with van der Waals surface area (Å²) in [6, 6.07) is 0.547. The van der Waals surface area contributed by atoms with E-state index in [1.807, 2.05) is 20.8 Å². The molecule has 0 spiro atoms. The van der Waals surface area contributed by atoms with Crippen molar-refractivity contribution >= 4 is 5.97 Å². The molecule has 0 aromatic rings. The molecule has 0 aliphatic carbocycles. The van der Waals surface area contributed by atoms with Crippen molar-refractivity contribution in [1.29, 1.82) is 0 Å². The molecular formula is C13H27NO2. The molecule has 1 N–H and O–H groups in total. The van der Waals surface area contributed by atoms with Crippen molar-refractivity contribution in [1.82, 2.24) is 5.32 Å². The van der Waals surface area contributed by atoms with Crippen LogP contribution in [0.25, 0.3) is 0 Å². The lowest BCUT2D eigenvalue weighted by atomic mass is 10.1. The van der Waals surface area contributed by atoms with Crippen LogP contribution in [0.4, 0.5) is 0 Å². The zero-order valence-corrected chi connectivity index (χ0v) is 11.4. The topological polar surface area (TPSA) is 38.3 Å². The molecule has 3 nitrogen and oxygen atoms in total. The van der Waals surface area contributed by atoms with E-state index in [0.29, 0.717) is 12.5 Å². The average Bonchev–Trinajstić information content (AvgIpc) is 2.07. The number of hydrogen-bond donors (Lipinski definition) is 1. The Hall–Kier alpha value is -0.570. The van der Waals surface area contributed by atoms with Crippen LogP contribution in [0.1, 0.15) is 60.3 Å². The Labute approximate surface area is 99.9 Å². The molecule has 0 bridgehead atoms. The van der Waals surface area contributed by atoms with Gasteiger partial charge in [-0.3, -0.25) is 4.79 Å². The number of ether oxygens (including phenoxy) is 1. The number of carbonyl (C=O) groups is 1. The molecule has 0 rings (SSSR count). The minimum Gasteiger partial charge on any atom is -0.460 e. The fraction of sp³-hybridized carbons (Fsp3) is 0.923. The Balaban J connectivity index is 3.35. The van der Waals surface area contributed by atoms with E-state index in [2.05, 4.69) is 19.2 Å². The summed E-state index contributed by atoms with van der Waals surface area (Å²) in [6.07, 6.45) is 3.67. The maximum atomic E-state index is 11.4. The van der Waals surface area contributed by atoms with Gasteiger partial charge in [0.25, 0.3) is 0 Å². The molecule has 0 fully saturated rings. The molecule has 96 valence electrons. The van der Waals surface area contributed by atoms with E-state index < -0.39 is 0 Å². The number of carbonyl (C=O) groups excluding carboxylic acids is 1. The standard InChI is InChI=1S/C13H27NO2/c1-11(2)14-10-8-6-7-9-12(15)16-13(3,4)5/h11,14H,6-10H2,1-5H3. The van der Waals surface area contributed by atoms with Crippen LogP contribution in [0.2, 0.25) is 0 Å². The monoisotopic (exact) mass is 229 g/mol. The third-order valence-electron chi connectivity index (χ3n) is 2.03. The van der Waals surface area contributed by atoms with Crippen LogP contribution in [-0.4, -0.2) is 24.2 Å². The molecule has 0 heterocycles. The van der Waals surface area contributed by atoms with Gasteiger partial charge in [-0.25, -0.2) is 0 Å². The fourth-order valence-corrected chi connectivity index (χ4v) is 1.35. The van der Waals surface area contributed by atoms with E-state index in [1.54, 1.807) is 0 Å². The Morgan fingerprint density at radius 3 is 2.31 bits per heavy atom. The molecule has 0 amide bonds. The van der Waals surface area contributed by atoms with E-state index in [1.165, 1.54) is 0 Å². The molecule has 0 saturated carbocycles. The maximum Gasteiger partial charge on any atom is 0.306 e. The van der Waals surface area contributed by atoms with Crippen LogP contribution < -0.4 is 5.32 Å². The summed E-state index contributed by atoms with van der Waals surface area (Å²) in [5.41, 5.74) is -0.351. The summed E-state index contributed by atoms with van der Waals surface area (Å²) in [7, 11) is 0. The minimum atomic E-state index is -0.351. The van der Waals surface area contributed by atoms with E-state index in [0.717, 1.165) is 25.8 Å². The second kappa shape index (κ2) is 7.66. The lowest BCUT2D eigenvalue weighted by molar-refractivity contribution is -0.154. The molecule has 0 unspecified atom stereocenters. The summed E-state index contributed by atoms with van der Waals surface area (Å²) >= 11 is 0. The van der Waals surface area contributed by atoms with Crippen LogP contribution in [-0.2, 0) is 9.53 Å². The third kappa shape index (κ3) is 11.5. The lowest BCUT2D eigenvalue weighted by Gasteiger charge is -2.19. The van der Waals surface area contributed by atoms with E-state index in [4.69, 9.17) is 4.74 Å². The fourth-order valence-electron chi connectivity index (χ4n) is 1.35. The summed E-state index contributed by atoms with van der Waals surface area (Å²) in [5, 5.41) is 3.36. The van der Waals surface area contributed by atoms with Crippen molar-refractivity contribution in [3.05, 3.63) is 0 Å². The molecular weight excluding hydrogens is 202 g/mol. The van der Waals surface area contributed by atoms with Crippen molar-refractivity contribution in [2.75, 3.05) is 6.54 Å². The number of hydrogen-bond acceptors (Lipinski definition) is 3. The highest BCUT2D eigenvalue weighted by Gasteiger charge is 2.15. The summed E-state index contributed by atoms with van der Waals surface area (Å²) < 4.78 is 5.23. The van der Waals surface area contributed by atoms with Gasteiger partial charge in [-0.15, -0.1) is 0 Å². The highest BCUT2D eigenvalue weighted by atomic mass is 16.6. The van der Waals surface area contributed by atoms with Gasteiger partial charge in [0.1, 0.15) is 5.60 Å². The van der Waals surface area contributed by atoms with Gasteiger partial charge < -0.3 is 10.1 Å². The number of nitrogens with one attached hydrogen (secondary N) is 1. The van der Waals surface area contributed by atoms with Crippen LogP contribution in [0.15, 0.2) is 0 Å². The van der Waals surface area contributed by atoms with Crippen LogP contribution >= 0.6 is 0 Å². The van der Waals surface area contributed by atoms with Gasteiger partial charge in [0.15, 0.2) is 0 Å². The first kappa shape index (κ1) is 15.4. The Kier molecular flexibility index (Phi) is 7.39. The lowest BCUT2D eigenvalue weighted by Crippen LogP contribution is -2.24.